The lowest BCUT2D eigenvalue weighted by Crippen LogP contribution is -2.30. The minimum atomic E-state index is -1.15. The van der Waals surface area contributed by atoms with Gasteiger partial charge in [0.15, 0.2) is 0 Å². The van der Waals surface area contributed by atoms with E-state index < -0.39 is 17.9 Å². The molecule has 0 aromatic heterocycles. The number of dihydropyridines is 1. The summed E-state index contributed by atoms with van der Waals surface area (Å²) in [4.78, 5) is 23.1. The molecule has 0 atom stereocenters. The lowest BCUT2D eigenvalue weighted by molar-refractivity contribution is -0.133. The lowest BCUT2D eigenvalue weighted by Gasteiger charge is -2.28. The monoisotopic (exact) mass is 307 g/mol. The number of benzene rings is 1. The number of hydrogen-bond acceptors (Lipinski definition) is 3. The molecule has 1 aliphatic rings. The van der Waals surface area contributed by atoms with Crippen LogP contribution in [0.25, 0.3) is 0 Å². The Morgan fingerprint density at radius 3 is 1.81 bits per heavy atom. The number of carbonyl (C=O) groups is 2. The fourth-order valence-corrected chi connectivity index (χ4v) is 2.68. The molecule has 0 bridgehead atoms. The van der Waals surface area contributed by atoms with Crippen LogP contribution < -0.4 is 5.32 Å². The first-order valence-electron chi connectivity index (χ1n) is 6.23. The van der Waals surface area contributed by atoms with Gasteiger partial charge in [-0.1, -0.05) is 23.7 Å². The first kappa shape index (κ1) is 15.1. The number of aliphatic carboxylic acids is 2. The van der Waals surface area contributed by atoms with Gasteiger partial charge in [0.2, 0.25) is 0 Å². The Morgan fingerprint density at radius 1 is 1.00 bits per heavy atom. The molecule has 3 N–H and O–H groups in total. The maximum atomic E-state index is 11.6. The Labute approximate surface area is 126 Å². The van der Waals surface area contributed by atoms with Gasteiger partial charge in [0.05, 0.1) is 17.1 Å². The first-order valence-corrected chi connectivity index (χ1v) is 6.61. The average Bonchev–Trinajstić information content (AvgIpc) is 2.37. The summed E-state index contributed by atoms with van der Waals surface area (Å²) in [6.07, 6.45) is 0. The largest absolute Gasteiger partial charge is 0.478 e. The van der Waals surface area contributed by atoms with E-state index in [0.29, 0.717) is 22.0 Å². The van der Waals surface area contributed by atoms with Crippen molar-refractivity contribution < 1.29 is 19.8 Å². The number of hydrogen-bond donors (Lipinski definition) is 3. The van der Waals surface area contributed by atoms with Crippen molar-refractivity contribution in [3.8, 4) is 0 Å². The second-order valence-corrected chi connectivity index (χ2v) is 5.23. The second-order valence-electron chi connectivity index (χ2n) is 4.80. The van der Waals surface area contributed by atoms with Gasteiger partial charge in [-0.15, -0.1) is 0 Å². The molecule has 0 unspecified atom stereocenters. The molecule has 1 heterocycles. The summed E-state index contributed by atoms with van der Waals surface area (Å²) in [5.74, 6) is -3.13. The van der Waals surface area contributed by atoms with E-state index in [4.69, 9.17) is 11.6 Å². The van der Waals surface area contributed by atoms with Crippen molar-refractivity contribution in [1.29, 1.82) is 0 Å². The highest BCUT2D eigenvalue weighted by Crippen LogP contribution is 2.38. The Hall–Kier alpha value is -2.27. The highest BCUT2D eigenvalue weighted by atomic mass is 35.5. The number of rotatable bonds is 3. The molecule has 0 spiro atoms. The van der Waals surface area contributed by atoms with Gasteiger partial charge >= 0.3 is 11.9 Å². The van der Waals surface area contributed by atoms with Crippen molar-refractivity contribution in [2.45, 2.75) is 19.8 Å². The van der Waals surface area contributed by atoms with Crippen molar-refractivity contribution in [3.63, 3.8) is 0 Å². The molecular weight excluding hydrogens is 294 g/mol. The Balaban J connectivity index is 2.67. The Kier molecular flexibility index (Phi) is 4.04. The predicted octanol–water partition coefficient (Wildman–Crippen LogP) is 2.74. The van der Waals surface area contributed by atoms with Crippen molar-refractivity contribution in [2.24, 2.45) is 0 Å². The topological polar surface area (TPSA) is 86.6 Å². The fraction of sp³-hybridized carbons (Fsp3) is 0.200. The third-order valence-corrected chi connectivity index (χ3v) is 3.68. The van der Waals surface area contributed by atoms with Crippen LogP contribution in [0.1, 0.15) is 25.3 Å². The molecular formula is C15H14ClNO4. The van der Waals surface area contributed by atoms with Crippen LogP contribution in [0.3, 0.4) is 0 Å². The molecule has 1 aliphatic heterocycles. The van der Waals surface area contributed by atoms with Crippen LogP contribution in [0.2, 0.25) is 5.02 Å². The van der Waals surface area contributed by atoms with Gasteiger partial charge in [-0.2, -0.15) is 0 Å². The van der Waals surface area contributed by atoms with E-state index in [1.807, 2.05) is 0 Å². The standard InChI is InChI=1S/C15H14ClNO4/c1-7-11(14(18)19)13(9-3-5-10(16)6-4-9)12(15(20)21)8(2)17-7/h3-6,13,17H,1-2H3,(H,18,19)(H,20,21). The number of carboxylic acid groups (broad SMARTS) is 2. The molecule has 2 rings (SSSR count). The van der Waals surface area contributed by atoms with Gasteiger partial charge < -0.3 is 15.5 Å². The van der Waals surface area contributed by atoms with E-state index >= 15 is 0 Å². The summed E-state index contributed by atoms with van der Waals surface area (Å²) in [5.41, 5.74) is 1.50. The van der Waals surface area contributed by atoms with Crippen molar-refractivity contribution in [3.05, 3.63) is 57.4 Å². The molecule has 0 radical (unpaired) electrons. The predicted molar refractivity (Wildman–Crippen MR) is 78.0 cm³/mol. The van der Waals surface area contributed by atoms with Crippen molar-refractivity contribution >= 4 is 23.5 Å². The van der Waals surface area contributed by atoms with Crippen molar-refractivity contribution in [2.75, 3.05) is 0 Å². The summed E-state index contributed by atoms with van der Waals surface area (Å²) in [5, 5.41) is 22.2. The Bertz CT molecular complexity index is 637. The molecule has 110 valence electrons. The third-order valence-electron chi connectivity index (χ3n) is 3.42. The van der Waals surface area contributed by atoms with Crippen LogP contribution in [0, 0.1) is 0 Å². The summed E-state index contributed by atoms with van der Waals surface area (Å²) in [6.45, 7) is 3.24. The minimum absolute atomic E-state index is 0.0281. The smallest absolute Gasteiger partial charge is 0.334 e. The van der Waals surface area contributed by atoms with E-state index in [1.54, 1.807) is 38.1 Å². The van der Waals surface area contributed by atoms with Crippen LogP contribution in [-0.2, 0) is 9.59 Å². The normalized spacial score (nSPS) is 16.0. The van der Waals surface area contributed by atoms with Gasteiger partial charge in [0.1, 0.15) is 0 Å². The van der Waals surface area contributed by atoms with Crippen LogP contribution in [-0.4, -0.2) is 22.2 Å². The molecule has 0 aliphatic carbocycles. The van der Waals surface area contributed by atoms with Crippen LogP contribution in [0.15, 0.2) is 46.8 Å². The quantitative estimate of drug-likeness (QED) is 0.799. The van der Waals surface area contributed by atoms with Crippen LogP contribution in [0.4, 0.5) is 0 Å². The molecule has 1 aromatic rings. The Morgan fingerprint density at radius 2 is 1.43 bits per heavy atom. The molecule has 5 nitrogen and oxygen atoms in total. The fourth-order valence-electron chi connectivity index (χ4n) is 2.55. The SMILES string of the molecule is CC1=C(C(=O)O)C(c2ccc(Cl)cc2)C(C(=O)O)=C(C)N1. The summed E-state index contributed by atoms with van der Waals surface area (Å²) in [6, 6.07) is 6.51. The number of allylic oxidation sites excluding steroid dienone is 2. The number of carboxylic acids is 2. The van der Waals surface area contributed by atoms with Gasteiger partial charge in [-0.05, 0) is 31.5 Å². The molecule has 0 fully saturated rings. The summed E-state index contributed by atoms with van der Waals surface area (Å²) < 4.78 is 0. The van der Waals surface area contributed by atoms with Crippen molar-refractivity contribution in [1.82, 2.24) is 5.32 Å². The zero-order valence-electron chi connectivity index (χ0n) is 11.5. The van der Waals surface area contributed by atoms with Crippen LogP contribution >= 0.6 is 11.6 Å². The van der Waals surface area contributed by atoms with E-state index in [-0.39, 0.29) is 11.1 Å². The van der Waals surface area contributed by atoms with Crippen LogP contribution in [0.5, 0.6) is 0 Å². The summed E-state index contributed by atoms with van der Waals surface area (Å²) >= 11 is 5.84. The molecule has 6 heteroatoms. The zero-order chi connectivity index (χ0) is 15.7. The third kappa shape index (κ3) is 2.78. The van der Waals surface area contributed by atoms with E-state index in [0.717, 1.165) is 0 Å². The second kappa shape index (κ2) is 5.61. The van der Waals surface area contributed by atoms with E-state index in [1.165, 1.54) is 0 Å². The van der Waals surface area contributed by atoms with E-state index in [2.05, 4.69) is 5.32 Å². The maximum absolute atomic E-state index is 11.6. The average molecular weight is 308 g/mol. The van der Waals surface area contributed by atoms with Gasteiger partial charge in [0.25, 0.3) is 0 Å². The number of nitrogens with one attached hydrogen (secondary N) is 1. The first-order chi connectivity index (χ1) is 9.82. The number of halogens is 1. The molecule has 0 amide bonds. The van der Waals surface area contributed by atoms with Gasteiger partial charge in [-0.25, -0.2) is 9.59 Å². The maximum Gasteiger partial charge on any atom is 0.334 e. The lowest BCUT2D eigenvalue weighted by atomic mass is 9.80. The molecule has 1 aromatic carbocycles. The highest BCUT2D eigenvalue weighted by molar-refractivity contribution is 6.30. The zero-order valence-corrected chi connectivity index (χ0v) is 12.2. The van der Waals surface area contributed by atoms with E-state index in [9.17, 15) is 19.8 Å². The molecule has 21 heavy (non-hydrogen) atoms. The highest BCUT2D eigenvalue weighted by Gasteiger charge is 2.36. The molecule has 0 saturated carbocycles. The summed E-state index contributed by atoms with van der Waals surface area (Å²) in [7, 11) is 0. The van der Waals surface area contributed by atoms with Gasteiger partial charge in [0, 0.05) is 16.4 Å². The van der Waals surface area contributed by atoms with Gasteiger partial charge in [-0.3, -0.25) is 0 Å². The molecule has 0 saturated heterocycles. The minimum Gasteiger partial charge on any atom is -0.478 e.